The van der Waals surface area contributed by atoms with Crippen LogP contribution < -0.4 is 10.6 Å². The van der Waals surface area contributed by atoms with E-state index >= 15 is 0 Å². The van der Waals surface area contributed by atoms with Crippen molar-refractivity contribution in [3.8, 4) is 0 Å². The predicted octanol–water partition coefficient (Wildman–Crippen LogP) is 2.24. The Labute approximate surface area is 91.8 Å². The van der Waals surface area contributed by atoms with Crippen LogP contribution in [0, 0.1) is 0 Å². The Morgan fingerprint density at radius 2 is 1.94 bits per heavy atom. The average molecular weight is 230 g/mol. The van der Waals surface area contributed by atoms with Crippen molar-refractivity contribution in [2.45, 2.75) is 18.6 Å². The number of halogens is 3. The van der Waals surface area contributed by atoms with E-state index in [0.717, 1.165) is 12.5 Å². The van der Waals surface area contributed by atoms with Gasteiger partial charge in [0.25, 0.3) is 0 Å². The lowest BCUT2D eigenvalue weighted by atomic mass is 10.1. The fourth-order valence-electron chi connectivity index (χ4n) is 2.00. The van der Waals surface area contributed by atoms with Gasteiger partial charge in [0.2, 0.25) is 0 Å². The van der Waals surface area contributed by atoms with Gasteiger partial charge < -0.3 is 10.6 Å². The third-order valence-corrected chi connectivity index (χ3v) is 2.77. The van der Waals surface area contributed by atoms with Crippen LogP contribution in [0.1, 0.15) is 12.0 Å². The van der Waals surface area contributed by atoms with Gasteiger partial charge in [0.05, 0.1) is 5.56 Å². The second-order valence-corrected chi connectivity index (χ2v) is 4.01. The van der Waals surface area contributed by atoms with Crippen LogP contribution in [0.4, 0.5) is 18.9 Å². The van der Waals surface area contributed by atoms with Gasteiger partial charge in [0.15, 0.2) is 0 Å². The van der Waals surface area contributed by atoms with Crippen molar-refractivity contribution in [3.63, 3.8) is 0 Å². The quantitative estimate of drug-likeness (QED) is 0.801. The summed E-state index contributed by atoms with van der Waals surface area (Å²) < 4.78 is 38.2. The number of alkyl halides is 3. The minimum absolute atomic E-state index is 0.0266. The van der Waals surface area contributed by atoms with Gasteiger partial charge in [-0.05, 0) is 18.6 Å². The Hall–Kier alpha value is -1.23. The number of hydrogen-bond donors (Lipinski definition) is 1. The van der Waals surface area contributed by atoms with Gasteiger partial charge in [-0.2, -0.15) is 13.2 Å². The van der Waals surface area contributed by atoms with Gasteiger partial charge in [-0.1, -0.05) is 12.1 Å². The minimum Gasteiger partial charge on any atom is -0.369 e. The molecule has 1 aliphatic rings. The molecule has 0 saturated carbocycles. The van der Waals surface area contributed by atoms with E-state index in [1.165, 1.54) is 12.1 Å². The Morgan fingerprint density at radius 1 is 1.25 bits per heavy atom. The highest BCUT2D eigenvalue weighted by molar-refractivity contribution is 5.55. The Balaban J connectivity index is 2.34. The van der Waals surface area contributed by atoms with Gasteiger partial charge in [0, 0.05) is 24.8 Å². The molecular weight excluding hydrogens is 217 g/mol. The number of hydrogen-bond acceptors (Lipinski definition) is 2. The first kappa shape index (κ1) is 11.3. The van der Waals surface area contributed by atoms with E-state index in [1.54, 1.807) is 11.0 Å². The molecule has 1 aromatic carbocycles. The maximum Gasteiger partial charge on any atom is 0.418 e. The average Bonchev–Trinajstić information content (AvgIpc) is 2.64. The highest BCUT2D eigenvalue weighted by Crippen LogP contribution is 2.37. The maximum absolute atomic E-state index is 12.7. The van der Waals surface area contributed by atoms with E-state index in [4.69, 9.17) is 5.73 Å². The smallest absolute Gasteiger partial charge is 0.369 e. The third kappa shape index (κ3) is 2.14. The molecule has 0 aliphatic carbocycles. The van der Waals surface area contributed by atoms with E-state index in [0.29, 0.717) is 13.1 Å². The molecule has 88 valence electrons. The number of nitrogens with two attached hydrogens (primary N) is 1. The van der Waals surface area contributed by atoms with Crippen molar-refractivity contribution in [1.82, 2.24) is 0 Å². The summed E-state index contributed by atoms with van der Waals surface area (Å²) in [5, 5.41) is 0. The summed E-state index contributed by atoms with van der Waals surface area (Å²) in [6.07, 6.45) is -3.56. The molecule has 16 heavy (non-hydrogen) atoms. The van der Waals surface area contributed by atoms with Crippen LogP contribution in [-0.2, 0) is 6.18 Å². The monoisotopic (exact) mass is 230 g/mol. The van der Waals surface area contributed by atoms with Crippen LogP contribution in [0.3, 0.4) is 0 Å². The first-order valence-electron chi connectivity index (χ1n) is 5.15. The number of para-hydroxylation sites is 1. The summed E-state index contributed by atoms with van der Waals surface area (Å²) in [5.74, 6) is 0. The fourth-order valence-corrected chi connectivity index (χ4v) is 2.00. The van der Waals surface area contributed by atoms with E-state index in [2.05, 4.69) is 0 Å². The molecular formula is C11H13F3N2. The molecule has 0 bridgehead atoms. The molecule has 0 spiro atoms. The highest BCUT2D eigenvalue weighted by Gasteiger charge is 2.35. The van der Waals surface area contributed by atoms with E-state index in [9.17, 15) is 13.2 Å². The van der Waals surface area contributed by atoms with Crippen LogP contribution >= 0.6 is 0 Å². The summed E-state index contributed by atoms with van der Waals surface area (Å²) in [5.41, 5.74) is 5.36. The summed E-state index contributed by atoms with van der Waals surface area (Å²) in [6, 6.07) is 5.61. The maximum atomic E-state index is 12.7. The van der Waals surface area contributed by atoms with Crippen molar-refractivity contribution < 1.29 is 13.2 Å². The van der Waals surface area contributed by atoms with E-state index in [-0.39, 0.29) is 11.7 Å². The van der Waals surface area contributed by atoms with Gasteiger partial charge >= 0.3 is 6.18 Å². The normalized spacial score (nSPS) is 21.5. The number of rotatable bonds is 1. The molecule has 2 rings (SSSR count). The Morgan fingerprint density at radius 3 is 2.50 bits per heavy atom. The zero-order valence-electron chi connectivity index (χ0n) is 8.67. The van der Waals surface area contributed by atoms with Crippen LogP contribution in [-0.4, -0.2) is 19.1 Å². The molecule has 1 heterocycles. The van der Waals surface area contributed by atoms with Gasteiger partial charge in [-0.15, -0.1) is 0 Å². The highest BCUT2D eigenvalue weighted by atomic mass is 19.4. The van der Waals surface area contributed by atoms with Crippen molar-refractivity contribution in [3.05, 3.63) is 29.8 Å². The third-order valence-electron chi connectivity index (χ3n) is 2.77. The molecule has 2 N–H and O–H groups in total. The summed E-state index contributed by atoms with van der Waals surface area (Å²) in [7, 11) is 0. The lowest BCUT2D eigenvalue weighted by Crippen LogP contribution is -2.27. The molecule has 1 aliphatic heterocycles. The second kappa shape index (κ2) is 3.97. The van der Waals surface area contributed by atoms with Crippen LogP contribution in [0.5, 0.6) is 0 Å². The molecule has 1 aromatic rings. The molecule has 0 unspecified atom stereocenters. The van der Waals surface area contributed by atoms with Crippen LogP contribution in [0.25, 0.3) is 0 Å². The molecule has 0 amide bonds. The van der Waals surface area contributed by atoms with E-state index < -0.39 is 11.7 Å². The molecule has 0 radical (unpaired) electrons. The minimum atomic E-state index is -4.30. The largest absolute Gasteiger partial charge is 0.418 e. The number of anilines is 1. The Kier molecular flexibility index (Phi) is 2.80. The topological polar surface area (TPSA) is 29.3 Å². The zero-order valence-corrected chi connectivity index (χ0v) is 8.67. The van der Waals surface area contributed by atoms with Gasteiger partial charge in [0.1, 0.15) is 0 Å². The lowest BCUT2D eigenvalue weighted by molar-refractivity contribution is -0.137. The van der Waals surface area contributed by atoms with Crippen molar-refractivity contribution in [2.24, 2.45) is 5.73 Å². The standard InChI is InChI=1S/C11H13F3N2/c12-11(13,14)9-3-1-2-4-10(9)16-6-5-8(15)7-16/h1-4,8H,5-7,15H2/t8-/m0/s1. The molecule has 0 aromatic heterocycles. The second-order valence-electron chi connectivity index (χ2n) is 4.01. The molecule has 2 nitrogen and oxygen atoms in total. The molecule has 1 atom stereocenters. The van der Waals surface area contributed by atoms with Crippen molar-refractivity contribution >= 4 is 5.69 Å². The Bertz CT molecular complexity index is 376. The molecule has 5 heteroatoms. The van der Waals surface area contributed by atoms with Gasteiger partial charge in [-0.25, -0.2) is 0 Å². The first-order chi connectivity index (χ1) is 7.48. The van der Waals surface area contributed by atoms with Crippen molar-refractivity contribution in [1.29, 1.82) is 0 Å². The summed E-state index contributed by atoms with van der Waals surface area (Å²) in [6.45, 7) is 1.08. The van der Waals surface area contributed by atoms with Gasteiger partial charge in [-0.3, -0.25) is 0 Å². The summed E-state index contributed by atoms with van der Waals surface area (Å²) in [4.78, 5) is 1.70. The van der Waals surface area contributed by atoms with Crippen LogP contribution in [0.15, 0.2) is 24.3 Å². The molecule has 1 fully saturated rings. The number of nitrogens with zero attached hydrogens (tertiary/aromatic N) is 1. The zero-order chi connectivity index (χ0) is 11.8. The number of benzene rings is 1. The summed E-state index contributed by atoms with van der Waals surface area (Å²) >= 11 is 0. The van der Waals surface area contributed by atoms with E-state index in [1.807, 2.05) is 0 Å². The fraction of sp³-hybridized carbons (Fsp3) is 0.455. The van der Waals surface area contributed by atoms with Crippen molar-refractivity contribution in [2.75, 3.05) is 18.0 Å². The SMILES string of the molecule is N[C@H]1CCN(c2ccccc2C(F)(F)F)C1. The predicted molar refractivity (Wildman–Crippen MR) is 56.2 cm³/mol. The van der Waals surface area contributed by atoms with Crippen LogP contribution in [0.2, 0.25) is 0 Å². The molecule has 1 saturated heterocycles. The lowest BCUT2D eigenvalue weighted by Gasteiger charge is -2.22. The first-order valence-corrected chi connectivity index (χ1v) is 5.15.